The molecule has 3 rings (SSSR count). The molecule has 0 saturated heterocycles. The first kappa shape index (κ1) is 20.1. The molecule has 0 radical (unpaired) electrons. The zero-order valence-corrected chi connectivity index (χ0v) is 17.3. The van der Waals surface area contributed by atoms with Gasteiger partial charge < -0.3 is 20.4 Å². The van der Waals surface area contributed by atoms with Gasteiger partial charge in [0, 0.05) is 35.7 Å². The van der Waals surface area contributed by atoms with E-state index in [1.165, 1.54) is 36.7 Å². The molecule has 0 unspecified atom stereocenters. The van der Waals surface area contributed by atoms with Gasteiger partial charge in [-0.05, 0) is 36.4 Å². The van der Waals surface area contributed by atoms with Gasteiger partial charge in [0.25, 0.3) is 0 Å². The second-order valence-electron chi connectivity index (χ2n) is 5.49. The number of para-hydroxylation sites is 2. The number of hydrogen-bond donors (Lipinski definition) is 4. The first-order valence-corrected chi connectivity index (χ1v) is 7.74. The topological polar surface area (TPSA) is 106 Å². The van der Waals surface area contributed by atoms with Crippen LogP contribution in [0.5, 0.6) is 23.0 Å². The van der Waals surface area contributed by atoms with Crippen molar-refractivity contribution < 1.29 is 39.9 Å². The number of hydrogen-bond acceptors (Lipinski definition) is 6. The van der Waals surface area contributed by atoms with E-state index in [9.17, 15) is 20.4 Å². The summed E-state index contributed by atoms with van der Waals surface area (Å²) in [5.41, 5.74) is 2.04. The Morgan fingerprint density at radius 3 is 1.37 bits per heavy atom. The zero-order chi connectivity index (χ0) is 18.5. The van der Waals surface area contributed by atoms with Crippen molar-refractivity contribution in [3.8, 4) is 23.0 Å². The van der Waals surface area contributed by atoms with E-state index in [0.717, 1.165) is 0 Å². The van der Waals surface area contributed by atoms with Crippen molar-refractivity contribution in [3.05, 3.63) is 71.8 Å². The van der Waals surface area contributed by atoms with E-state index in [1.807, 2.05) is 0 Å². The summed E-state index contributed by atoms with van der Waals surface area (Å²) in [5, 5.41) is 38.3. The Morgan fingerprint density at radius 2 is 1.00 bits per heavy atom. The molecule has 0 fully saturated rings. The predicted octanol–water partition coefficient (Wildman–Crippen LogP) is 4.01. The quantitative estimate of drug-likeness (QED) is 0.383. The first-order valence-electron chi connectivity index (χ1n) is 7.74. The summed E-state index contributed by atoms with van der Waals surface area (Å²) in [6, 6.07) is 15.6. The van der Waals surface area contributed by atoms with Crippen LogP contribution in [0.1, 0.15) is 11.1 Å². The summed E-state index contributed by atoms with van der Waals surface area (Å²) < 4.78 is 0. The predicted molar refractivity (Wildman–Crippen MR) is 100 cm³/mol. The van der Waals surface area contributed by atoms with Gasteiger partial charge in [0.1, 0.15) is 23.0 Å². The van der Waals surface area contributed by atoms with Crippen LogP contribution in [0.25, 0.3) is 0 Å². The fraction of sp³-hybridized carbons (Fsp3) is 0. The van der Waals surface area contributed by atoms with E-state index in [2.05, 4.69) is 9.98 Å². The van der Waals surface area contributed by atoms with Crippen molar-refractivity contribution in [2.45, 2.75) is 0 Å². The summed E-state index contributed by atoms with van der Waals surface area (Å²) in [7, 11) is 0. The maximum Gasteiger partial charge on any atom is 2.00 e. The van der Waals surface area contributed by atoms with Crippen molar-refractivity contribution in [3.63, 3.8) is 0 Å². The number of aromatic hydroxyl groups is 4. The van der Waals surface area contributed by atoms with E-state index in [4.69, 9.17) is 0 Å². The van der Waals surface area contributed by atoms with Crippen LogP contribution in [0, 0.1) is 0 Å². The average molecular weight is 414 g/mol. The summed E-state index contributed by atoms with van der Waals surface area (Å²) in [4.78, 5) is 8.67. The van der Waals surface area contributed by atoms with Gasteiger partial charge in [-0.15, -0.1) is 0 Å². The number of rotatable bonds is 4. The van der Waals surface area contributed by atoms with Crippen molar-refractivity contribution in [2.75, 3.05) is 0 Å². The Bertz CT molecular complexity index is 923. The molecule has 0 aromatic heterocycles. The molecule has 0 saturated carbocycles. The summed E-state index contributed by atoms with van der Waals surface area (Å²) in [5.74, 6) is -0.218. The van der Waals surface area contributed by atoms with Crippen LogP contribution in [0.2, 0.25) is 0 Å². The number of phenolic OH excluding ortho intramolecular Hbond substituents is 4. The van der Waals surface area contributed by atoms with Crippen LogP contribution in [0.15, 0.2) is 70.6 Å². The molecule has 0 aliphatic carbocycles. The van der Waals surface area contributed by atoms with E-state index in [0.29, 0.717) is 22.5 Å². The molecule has 4 N–H and O–H groups in total. The van der Waals surface area contributed by atoms with E-state index in [1.54, 1.807) is 36.4 Å². The molecule has 3 aromatic rings. The third-order valence-electron chi connectivity index (χ3n) is 3.60. The molecule has 6 nitrogen and oxygen atoms in total. The van der Waals surface area contributed by atoms with Gasteiger partial charge in [-0.25, -0.2) is 0 Å². The molecule has 3 aromatic carbocycles. The smallest absolute Gasteiger partial charge is 0.508 e. The maximum atomic E-state index is 9.81. The van der Waals surface area contributed by atoms with Crippen LogP contribution >= 0.6 is 0 Å². The fourth-order valence-corrected chi connectivity index (χ4v) is 2.24. The maximum absolute atomic E-state index is 9.81. The third kappa shape index (κ3) is 5.15. The van der Waals surface area contributed by atoms with Gasteiger partial charge in [-0.3, -0.25) is 9.98 Å². The van der Waals surface area contributed by atoms with E-state index < -0.39 is 0 Å². The summed E-state index contributed by atoms with van der Waals surface area (Å²) in [6.07, 6.45) is 2.95. The number of benzene rings is 3. The van der Waals surface area contributed by atoms with Crippen molar-refractivity contribution in [2.24, 2.45) is 9.98 Å². The SMILES string of the molecule is Oc1ccc(C=Nc2ccccc2N=Cc2ccc(O)cc2O)c(O)c1.[Zn+2]. The van der Waals surface area contributed by atoms with E-state index >= 15 is 0 Å². The number of nitrogens with zero attached hydrogens (tertiary/aromatic N) is 2. The zero-order valence-electron chi connectivity index (χ0n) is 14.3. The van der Waals surface area contributed by atoms with Gasteiger partial charge in [0.05, 0.1) is 11.4 Å². The Kier molecular flexibility index (Phi) is 6.69. The second kappa shape index (κ2) is 8.96. The molecular formula is C20H16N2O4Zn+2. The average Bonchev–Trinajstić information content (AvgIpc) is 2.61. The summed E-state index contributed by atoms with van der Waals surface area (Å²) in [6.45, 7) is 0. The largest absolute Gasteiger partial charge is 2.00 e. The van der Waals surface area contributed by atoms with Gasteiger partial charge in [0.15, 0.2) is 0 Å². The minimum absolute atomic E-state index is 0. The van der Waals surface area contributed by atoms with Crippen LogP contribution in [-0.2, 0) is 19.5 Å². The number of aliphatic imine (C=N–C) groups is 2. The van der Waals surface area contributed by atoms with Crippen LogP contribution in [-0.4, -0.2) is 32.9 Å². The first-order chi connectivity index (χ1) is 12.5. The molecule has 0 heterocycles. The molecule has 27 heavy (non-hydrogen) atoms. The Labute approximate surface area is 168 Å². The molecule has 0 spiro atoms. The third-order valence-corrected chi connectivity index (χ3v) is 3.60. The van der Waals surface area contributed by atoms with Gasteiger partial charge in [-0.2, -0.15) is 0 Å². The molecule has 0 aliphatic heterocycles. The molecule has 0 bridgehead atoms. The summed E-state index contributed by atoms with van der Waals surface area (Å²) >= 11 is 0. The van der Waals surface area contributed by atoms with Crippen molar-refractivity contribution >= 4 is 23.8 Å². The molecular weight excluding hydrogens is 398 g/mol. The van der Waals surface area contributed by atoms with Crippen molar-refractivity contribution in [1.29, 1.82) is 0 Å². The Morgan fingerprint density at radius 1 is 0.593 bits per heavy atom. The Balaban J connectivity index is 0.00000261. The molecule has 0 atom stereocenters. The second-order valence-corrected chi connectivity index (χ2v) is 5.49. The molecule has 0 aliphatic rings. The number of phenols is 4. The van der Waals surface area contributed by atoms with Crippen molar-refractivity contribution in [1.82, 2.24) is 0 Å². The fourth-order valence-electron chi connectivity index (χ4n) is 2.24. The van der Waals surface area contributed by atoms with Gasteiger partial charge >= 0.3 is 19.5 Å². The molecule has 130 valence electrons. The van der Waals surface area contributed by atoms with Gasteiger partial charge in [-0.1, -0.05) is 12.1 Å². The molecule has 7 heteroatoms. The molecule has 0 amide bonds. The monoisotopic (exact) mass is 412 g/mol. The Hall–Kier alpha value is -3.18. The van der Waals surface area contributed by atoms with Crippen LogP contribution < -0.4 is 0 Å². The normalized spacial score (nSPS) is 11.0. The van der Waals surface area contributed by atoms with Crippen LogP contribution in [0.3, 0.4) is 0 Å². The minimum atomic E-state index is -0.0799. The van der Waals surface area contributed by atoms with Gasteiger partial charge in [0.2, 0.25) is 0 Å². The van der Waals surface area contributed by atoms with E-state index in [-0.39, 0.29) is 42.5 Å². The minimum Gasteiger partial charge on any atom is -0.508 e. The standard InChI is InChI=1S/C20H16N2O4.Zn/c23-15-7-5-13(19(25)9-15)11-21-17-3-1-2-4-18(17)22-12-14-6-8-16(24)10-20(14)26;/h1-12,23-26H;/q;+2. The van der Waals surface area contributed by atoms with Crippen LogP contribution in [0.4, 0.5) is 11.4 Å².